The molecule has 0 aromatic heterocycles. The molecule has 2 aliphatic rings. The summed E-state index contributed by atoms with van der Waals surface area (Å²) >= 11 is 4.26. The minimum absolute atomic E-state index is 0.00694. The van der Waals surface area contributed by atoms with Crippen LogP contribution in [0.5, 0.6) is 0 Å². The van der Waals surface area contributed by atoms with Gasteiger partial charge in [-0.25, -0.2) is 0 Å². The molecule has 26 heteroatoms. The number of nitrogens with two attached hydrogens (primary N) is 4. The Morgan fingerprint density at radius 3 is 1.34 bits per heavy atom. The number of hydrogen-bond acceptors (Lipinski definition) is 12. The largest absolute Gasteiger partial charge is 0.471 e. The predicted molar refractivity (Wildman–Crippen MR) is 471 cm³/mol. The SMILES string of the molecule is Cc1cc(C)c(C#C[Si](C)(C)C)c(N)c1.Cc1cc(C)c(I)c(N)c1.Cc1cc(C)c(I)c([N+](=O)[O-])c1.Cc1cc(C)c(N)c([N+](=O)[O-])c1.Cc1cc(C)c(NC(=O)C(F)(F)F)c([N+](=O)[O-])c1.Cc1cc(C)c2c(c1)CC=C2.Cc1cc(C)c2c(c1)CCC2.Cc1ccc(N)c(C)c1.Cc1ccc(NC(=O)C(F)(F)F)c(C)c1. The summed E-state index contributed by atoms with van der Waals surface area (Å²) in [5.41, 5.74) is 54.2. The highest BCUT2D eigenvalue weighted by Gasteiger charge is 2.40. The van der Waals surface area contributed by atoms with Gasteiger partial charge in [-0.1, -0.05) is 139 Å². The first-order chi connectivity index (χ1) is 52.1. The molecule has 0 unspecified atom stereocenters. The first-order valence-corrected chi connectivity index (χ1v) is 41.4. The topological polar surface area (TPSA) is 292 Å². The zero-order valence-electron chi connectivity index (χ0n) is 68.0. The first-order valence-electron chi connectivity index (χ1n) is 35.7. The van der Waals surface area contributed by atoms with Crippen molar-refractivity contribution in [1.82, 2.24) is 0 Å². The number of carbonyl (C=O) groups excluding carboxylic acids is 2. The van der Waals surface area contributed by atoms with Crippen molar-refractivity contribution in [3.63, 3.8) is 0 Å². The van der Waals surface area contributed by atoms with Crippen molar-refractivity contribution >= 4 is 122 Å². The molecule has 10 N–H and O–H groups in total. The second-order valence-corrected chi connectivity index (χ2v) is 36.0. The fourth-order valence-electron chi connectivity index (χ4n) is 11.9. The number of amides is 2. The van der Waals surface area contributed by atoms with Gasteiger partial charge in [0.15, 0.2) is 0 Å². The number of nitro groups is 3. The number of hydrogen-bond donors (Lipinski definition) is 6. The van der Waals surface area contributed by atoms with E-state index in [1.807, 2.05) is 92.0 Å². The third-order valence-electron chi connectivity index (χ3n) is 17.1. The molecule has 0 fully saturated rings. The van der Waals surface area contributed by atoms with E-state index in [9.17, 15) is 66.3 Å². The van der Waals surface area contributed by atoms with E-state index < -0.39 is 53.5 Å². The number of allylic oxidation sites excluding steroid dienone is 1. The third kappa shape index (κ3) is 32.1. The van der Waals surface area contributed by atoms with E-state index in [0.29, 0.717) is 11.1 Å². The zero-order valence-corrected chi connectivity index (χ0v) is 73.3. The number of nitrogens with one attached hydrogen (secondary N) is 2. The fourth-order valence-corrected chi connectivity index (χ4v) is 13.2. The van der Waals surface area contributed by atoms with Crippen LogP contribution in [0.1, 0.15) is 134 Å². The van der Waals surface area contributed by atoms with Gasteiger partial charge in [-0.15, -0.1) is 5.54 Å². The summed E-state index contributed by atoms with van der Waals surface area (Å²) in [6, 6.07) is 37.6. The smallest absolute Gasteiger partial charge is 0.399 e. The van der Waals surface area contributed by atoms with Crippen LogP contribution in [0.4, 0.5) is 77.5 Å². The molecule has 9 aromatic rings. The van der Waals surface area contributed by atoms with E-state index in [1.165, 1.54) is 114 Å². The van der Waals surface area contributed by atoms with Gasteiger partial charge in [0, 0.05) is 50.1 Å². The van der Waals surface area contributed by atoms with Crippen LogP contribution in [-0.4, -0.2) is 47.0 Å². The molecule has 0 heterocycles. The van der Waals surface area contributed by atoms with Crippen molar-refractivity contribution < 1.29 is 50.7 Å². The molecule has 0 spiro atoms. The highest BCUT2D eigenvalue weighted by Crippen LogP contribution is 2.33. The monoisotopic (exact) mass is 1800 g/mol. The number of benzene rings is 9. The van der Waals surface area contributed by atoms with Gasteiger partial charge in [0.2, 0.25) is 0 Å². The number of rotatable bonds is 5. The van der Waals surface area contributed by atoms with E-state index in [-0.39, 0.29) is 33.2 Å². The fraction of sp³-hybridized carbons (Fsp3) is 0.310. The number of fused-ring (bicyclic) bond motifs is 2. The number of anilines is 6. The highest BCUT2D eigenvalue weighted by atomic mass is 127. The zero-order chi connectivity index (χ0) is 86.2. The van der Waals surface area contributed by atoms with Gasteiger partial charge in [0.25, 0.3) is 17.1 Å². The molecular formula is C87H103F6I2N9O8Si. The highest BCUT2D eigenvalue weighted by molar-refractivity contribution is 14.1. The van der Waals surface area contributed by atoms with E-state index in [1.54, 1.807) is 57.0 Å². The second kappa shape index (κ2) is 43.2. The van der Waals surface area contributed by atoms with Crippen molar-refractivity contribution in [2.75, 3.05) is 33.6 Å². The van der Waals surface area contributed by atoms with Gasteiger partial charge in [-0.05, 0) is 320 Å². The minimum Gasteiger partial charge on any atom is -0.399 e. The molecule has 11 rings (SSSR count). The summed E-state index contributed by atoms with van der Waals surface area (Å²) in [7, 11) is -1.32. The molecule has 0 bridgehead atoms. The van der Waals surface area contributed by atoms with Gasteiger partial charge in [-0.3, -0.25) is 39.9 Å². The van der Waals surface area contributed by atoms with Gasteiger partial charge < -0.3 is 33.6 Å². The molecule has 0 radical (unpaired) electrons. The maximum atomic E-state index is 12.1. The standard InChI is InChI=1S/C13H19NSi.C11H14.C11H12.C10H9F3N2O3.C10H10F3NO.C8H8INO2.C8H10IN.C8H10N2O2.C8H11N/c1-10-8-11(2)12(13(14)9-10)6-7-15(3,4)5;2*1-8-6-9(2)11-5-3-4-10(11)7-8;1-5-3-6(2)8(7(4-5)15(17)18)14-9(16)10(11,12)13;1-6-3-4-8(7(2)5-6)14-9(15)10(11,12)13;1-5-3-6(2)8(9)7(4-5)10(11)12;1-5-3-6(2)8(9)7(10)4-5;1-5-3-6(2)8(9)7(4-5)10(11)12;1-6-3-4-8(9)7(2)5-6/h8-9H,14H2,1-5H3;6-7H,3-5H2,1-2H3;3,5-7H,4H2,1-2H3;3-4H,1-2H3,(H,14,16);3-5H,1-2H3,(H,14,15);3-4H,1-2H3;3-4H,10H2,1-2H3;3-4H,9H2,1-2H3;3-5H,9H2,1-2H3. The lowest BCUT2D eigenvalue weighted by molar-refractivity contribution is -0.385. The molecule has 2 amide bonds. The number of nitro benzene ring substituents is 3. The van der Waals surface area contributed by atoms with Crippen molar-refractivity contribution in [1.29, 1.82) is 0 Å². The molecule has 604 valence electrons. The van der Waals surface area contributed by atoms with Gasteiger partial charge in [0.1, 0.15) is 19.4 Å². The normalized spacial score (nSPS) is 11.2. The average Bonchev–Trinajstić information content (AvgIpc) is 1.59. The summed E-state index contributed by atoms with van der Waals surface area (Å²) in [6.45, 7) is 41.5. The van der Waals surface area contributed by atoms with Crippen LogP contribution >= 0.6 is 45.2 Å². The van der Waals surface area contributed by atoms with E-state index in [4.69, 9.17) is 22.9 Å². The first kappa shape index (κ1) is 97.1. The summed E-state index contributed by atoms with van der Waals surface area (Å²) in [6.07, 6.45) is -0.388. The van der Waals surface area contributed by atoms with Crippen molar-refractivity contribution in [2.45, 2.75) is 182 Å². The van der Waals surface area contributed by atoms with E-state index in [0.717, 1.165) is 72.1 Å². The Labute approximate surface area is 688 Å². The molecule has 17 nitrogen and oxygen atoms in total. The number of alkyl halides is 6. The Balaban J connectivity index is 0.000000331. The Bertz CT molecular complexity index is 4940. The van der Waals surface area contributed by atoms with Crippen LogP contribution in [0.3, 0.4) is 0 Å². The molecule has 0 atom stereocenters. The molecule has 9 aromatic carbocycles. The Morgan fingerprint density at radius 1 is 0.434 bits per heavy atom. The van der Waals surface area contributed by atoms with Crippen LogP contribution < -0.4 is 33.6 Å². The lowest BCUT2D eigenvalue weighted by Gasteiger charge is -2.11. The van der Waals surface area contributed by atoms with Crippen LogP contribution in [0, 0.1) is 174 Å². The summed E-state index contributed by atoms with van der Waals surface area (Å²) < 4.78 is 74.0. The number of aryl methyl sites for hydroxylation is 19. The number of carbonyl (C=O) groups is 2. The molecule has 0 saturated heterocycles. The molecule has 0 aliphatic heterocycles. The minimum atomic E-state index is -5.09. The lowest BCUT2D eigenvalue weighted by atomic mass is 10.0. The predicted octanol–water partition coefficient (Wildman–Crippen LogP) is 23.3. The van der Waals surface area contributed by atoms with Crippen molar-refractivity contribution in [3.8, 4) is 11.5 Å². The number of halogens is 8. The van der Waals surface area contributed by atoms with E-state index >= 15 is 0 Å². The van der Waals surface area contributed by atoms with Gasteiger partial charge >= 0.3 is 24.2 Å². The van der Waals surface area contributed by atoms with Gasteiger partial charge in [-0.2, -0.15) is 26.3 Å². The summed E-state index contributed by atoms with van der Waals surface area (Å²) in [4.78, 5) is 51.5. The summed E-state index contributed by atoms with van der Waals surface area (Å²) in [5, 5.41) is 35.0. The number of nitrogens with zero attached hydrogens (tertiary/aromatic N) is 3. The summed E-state index contributed by atoms with van der Waals surface area (Å²) in [5.74, 6) is -0.953. The number of nitrogen functional groups attached to an aromatic ring is 4. The molecule has 2 aliphatic carbocycles. The van der Waals surface area contributed by atoms with Crippen LogP contribution in [0.25, 0.3) is 6.08 Å². The Morgan fingerprint density at radius 2 is 0.850 bits per heavy atom. The maximum absolute atomic E-state index is 12.1. The molecule has 0 saturated carbocycles. The van der Waals surface area contributed by atoms with Crippen molar-refractivity contribution in [3.05, 3.63) is 293 Å². The Kier molecular flexibility index (Phi) is 37.1. The Hall–Kier alpha value is -10.1. The van der Waals surface area contributed by atoms with E-state index in [2.05, 4.69) is 171 Å². The maximum Gasteiger partial charge on any atom is 0.471 e. The van der Waals surface area contributed by atoms with Crippen LogP contribution in [0.2, 0.25) is 19.6 Å². The molecular weight excluding hydrogens is 1690 g/mol. The average molecular weight is 1800 g/mol. The van der Waals surface area contributed by atoms with Crippen LogP contribution in [0.15, 0.2) is 127 Å². The van der Waals surface area contributed by atoms with Gasteiger partial charge in [0.05, 0.1) is 18.3 Å². The second-order valence-electron chi connectivity index (χ2n) is 29.1. The lowest BCUT2D eigenvalue weighted by Crippen LogP contribution is -2.30. The van der Waals surface area contributed by atoms with Crippen LogP contribution in [-0.2, 0) is 28.9 Å². The quantitative estimate of drug-likeness (QED) is 0.0178. The molecule has 113 heavy (non-hydrogen) atoms. The van der Waals surface area contributed by atoms with Crippen molar-refractivity contribution in [2.24, 2.45) is 0 Å². The third-order valence-corrected chi connectivity index (χ3v) is 20.8.